The lowest BCUT2D eigenvalue weighted by atomic mass is 10.2. The van der Waals surface area contributed by atoms with Crippen molar-refractivity contribution in [2.24, 2.45) is 0 Å². The number of carbonyl (C=O) groups excluding carboxylic acids is 1. The fourth-order valence-corrected chi connectivity index (χ4v) is 1.43. The van der Waals surface area contributed by atoms with Crippen LogP contribution < -0.4 is 5.56 Å². The van der Waals surface area contributed by atoms with Gasteiger partial charge in [-0.15, -0.1) is 0 Å². The Morgan fingerprint density at radius 2 is 2.19 bits per heavy atom. The van der Waals surface area contributed by atoms with Crippen molar-refractivity contribution in [3.8, 4) is 0 Å². The van der Waals surface area contributed by atoms with Crippen LogP contribution in [0.1, 0.15) is 5.82 Å². The standard InChI is InChI=1S/C11H10N2O3/c1-16-10(14)6-9-12-8-5-3-2-4-7(8)11(15)13-9/h2-5H,6H2,1H3,(H,12,13,15). The summed E-state index contributed by atoms with van der Waals surface area (Å²) in [6, 6.07) is 6.96. The number of fused-ring (bicyclic) bond motifs is 1. The molecule has 0 fully saturated rings. The quantitative estimate of drug-likeness (QED) is 0.751. The number of H-pyrrole nitrogens is 1. The Labute approximate surface area is 91.1 Å². The van der Waals surface area contributed by atoms with Gasteiger partial charge in [0.15, 0.2) is 0 Å². The highest BCUT2D eigenvalue weighted by Crippen LogP contribution is 2.05. The topological polar surface area (TPSA) is 72.0 Å². The Balaban J connectivity index is 2.50. The van der Waals surface area contributed by atoms with Gasteiger partial charge in [0.05, 0.1) is 18.0 Å². The molecule has 5 nitrogen and oxygen atoms in total. The van der Waals surface area contributed by atoms with Gasteiger partial charge in [-0.3, -0.25) is 9.59 Å². The van der Waals surface area contributed by atoms with E-state index < -0.39 is 5.97 Å². The summed E-state index contributed by atoms with van der Waals surface area (Å²) in [6.45, 7) is 0. The molecule has 0 saturated heterocycles. The van der Waals surface area contributed by atoms with Crippen molar-refractivity contribution in [2.75, 3.05) is 7.11 Å². The van der Waals surface area contributed by atoms with Crippen LogP contribution in [-0.2, 0) is 16.0 Å². The Morgan fingerprint density at radius 3 is 2.94 bits per heavy atom. The van der Waals surface area contributed by atoms with Gasteiger partial charge in [0.25, 0.3) is 5.56 Å². The molecule has 0 bridgehead atoms. The third kappa shape index (κ3) is 1.93. The van der Waals surface area contributed by atoms with Crippen LogP contribution in [0, 0.1) is 0 Å². The third-order valence-electron chi connectivity index (χ3n) is 2.20. The number of rotatable bonds is 2. The second-order valence-corrected chi connectivity index (χ2v) is 3.28. The zero-order valence-electron chi connectivity index (χ0n) is 8.69. The predicted octanol–water partition coefficient (Wildman–Crippen LogP) is 0.639. The normalized spacial score (nSPS) is 10.3. The Morgan fingerprint density at radius 1 is 1.44 bits per heavy atom. The Hall–Kier alpha value is -2.17. The average molecular weight is 218 g/mol. The number of esters is 1. The number of para-hydroxylation sites is 1. The summed E-state index contributed by atoms with van der Waals surface area (Å²) in [4.78, 5) is 29.4. The van der Waals surface area contributed by atoms with Crippen molar-refractivity contribution in [1.82, 2.24) is 9.97 Å². The molecule has 2 aromatic rings. The van der Waals surface area contributed by atoms with Crippen molar-refractivity contribution in [2.45, 2.75) is 6.42 Å². The van der Waals surface area contributed by atoms with Gasteiger partial charge >= 0.3 is 5.97 Å². The lowest BCUT2D eigenvalue weighted by Gasteiger charge is -2.01. The Kier molecular flexibility index (Phi) is 2.68. The first-order chi connectivity index (χ1) is 7.70. The number of aromatic amines is 1. The smallest absolute Gasteiger partial charge is 0.313 e. The fourth-order valence-electron chi connectivity index (χ4n) is 1.43. The monoisotopic (exact) mass is 218 g/mol. The zero-order chi connectivity index (χ0) is 11.5. The molecule has 1 heterocycles. The highest BCUT2D eigenvalue weighted by atomic mass is 16.5. The van der Waals surface area contributed by atoms with Crippen molar-refractivity contribution in [1.29, 1.82) is 0 Å². The average Bonchev–Trinajstić information content (AvgIpc) is 2.29. The second kappa shape index (κ2) is 4.14. The van der Waals surface area contributed by atoms with Crippen LogP contribution in [-0.4, -0.2) is 23.0 Å². The molecule has 0 atom stereocenters. The molecule has 5 heteroatoms. The van der Waals surface area contributed by atoms with Gasteiger partial charge in [0.2, 0.25) is 0 Å². The number of ether oxygens (including phenoxy) is 1. The molecular weight excluding hydrogens is 208 g/mol. The second-order valence-electron chi connectivity index (χ2n) is 3.28. The van der Waals surface area contributed by atoms with Crippen molar-refractivity contribution in [3.05, 3.63) is 40.4 Å². The number of nitrogens with zero attached hydrogens (tertiary/aromatic N) is 1. The third-order valence-corrected chi connectivity index (χ3v) is 2.20. The molecule has 0 aliphatic carbocycles. The molecular formula is C11H10N2O3. The summed E-state index contributed by atoms with van der Waals surface area (Å²) < 4.78 is 4.51. The van der Waals surface area contributed by atoms with Crippen LogP contribution in [0.5, 0.6) is 0 Å². The molecule has 2 rings (SSSR count). The van der Waals surface area contributed by atoms with Crippen LogP contribution >= 0.6 is 0 Å². The zero-order valence-corrected chi connectivity index (χ0v) is 8.69. The van der Waals surface area contributed by atoms with Gasteiger partial charge in [0, 0.05) is 0 Å². The van der Waals surface area contributed by atoms with E-state index in [1.165, 1.54) is 7.11 Å². The van der Waals surface area contributed by atoms with Gasteiger partial charge in [-0.1, -0.05) is 12.1 Å². The molecule has 0 aliphatic heterocycles. The van der Waals surface area contributed by atoms with E-state index >= 15 is 0 Å². The van der Waals surface area contributed by atoms with E-state index in [2.05, 4.69) is 14.7 Å². The lowest BCUT2D eigenvalue weighted by molar-refractivity contribution is -0.139. The van der Waals surface area contributed by atoms with Crippen molar-refractivity contribution in [3.63, 3.8) is 0 Å². The highest BCUT2D eigenvalue weighted by molar-refractivity contribution is 5.78. The van der Waals surface area contributed by atoms with Gasteiger partial charge in [-0.2, -0.15) is 0 Å². The fraction of sp³-hybridized carbons (Fsp3) is 0.182. The predicted molar refractivity (Wildman–Crippen MR) is 58.1 cm³/mol. The number of hydrogen-bond acceptors (Lipinski definition) is 4. The molecule has 1 aromatic heterocycles. The van der Waals surface area contributed by atoms with Crippen molar-refractivity contribution >= 4 is 16.9 Å². The molecule has 0 aliphatic rings. The van der Waals surface area contributed by atoms with E-state index in [-0.39, 0.29) is 12.0 Å². The maximum absolute atomic E-state index is 11.6. The number of nitrogens with one attached hydrogen (secondary N) is 1. The van der Waals surface area contributed by atoms with Crippen LogP contribution in [0.3, 0.4) is 0 Å². The van der Waals surface area contributed by atoms with E-state index in [9.17, 15) is 9.59 Å². The number of aromatic nitrogens is 2. The van der Waals surface area contributed by atoms with Gasteiger partial charge in [-0.25, -0.2) is 4.98 Å². The molecule has 1 aromatic carbocycles. The first-order valence-corrected chi connectivity index (χ1v) is 4.75. The van der Waals surface area contributed by atoms with Crippen LogP contribution in [0.25, 0.3) is 10.9 Å². The largest absolute Gasteiger partial charge is 0.469 e. The summed E-state index contributed by atoms with van der Waals surface area (Å²) in [5, 5.41) is 0.510. The molecule has 0 amide bonds. The maximum Gasteiger partial charge on any atom is 0.313 e. The number of benzene rings is 1. The number of carbonyl (C=O) groups is 1. The summed E-state index contributed by atoms with van der Waals surface area (Å²) in [5.41, 5.74) is 0.328. The van der Waals surface area contributed by atoms with Crippen LogP contribution in [0.2, 0.25) is 0 Å². The Bertz CT molecular complexity index is 589. The summed E-state index contributed by atoms with van der Waals surface area (Å²) in [6.07, 6.45) is -0.0312. The molecule has 0 spiro atoms. The van der Waals surface area contributed by atoms with Gasteiger partial charge < -0.3 is 9.72 Å². The van der Waals surface area contributed by atoms with E-state index in [0.717, 1.165) is 0 Å². The van der Waals surface area contributed by atoms with Gasteiger partial charge in [-0.05, 0) is 12.1 Å². The van der Waals surface area contributed by atoms with Crippen LogP contribution in [0.4, 0.5) is 0 Å². The first-order valence-electron chi connectivity index (χ1n) is 4.75. The van der Waals surface area contributed by atoms with E-state index in [0.29, 0.717) is 16.7 Å². The van der Waals surface area contributed by atoms with E-state index in [1.54, 1.807) is 24.3 Å². The maximum atomic E-state index is 11.6. The molecule has 82 valence electrons. The summed E-state index contributed by atoms with van der Waals surface area (Å²) in [7, 11) is 1.29. The number of methoxy groups -OCH3 is 1. The molecule has 1 N–H and O–H groups in total. The van der Waals surface area contributed by atoms with Crippen molar-refractivity contribution < 1.29 is 9.53 Å². The SMILES string of the molecule is COC(=O)Cc1nc2ccccc2c(=O)[nH]1. The number of hydrogen-bond donors (Lipinski definition) is 1. The lowest BCUT2D eigenvalue weighted by Crippen LogP contribution is -2.15. The molecule has 16 heavy (non-hydrogen) atoms. The van der Waals surface area contributed by atoms with Gasteiger partial charge in [0.1, 0.15) is 12.2 Å². The highest BCUT2D eigenvalue weighted by Gasteiger charge is 2.07. The molecule has 0 unspecified atom stereocenters. The first kappa shape index (κ1) is 10.4. The summed E-state index contributed by atoms with van der Waals surface area (Å²) >= 11 is 0. The van der Waals surface area contributed by atoms with E-state index in [1.807, 2.05) is 0 Å². The van der Waals surface area contributed by atoms with Crippen LogP contribution in [0.15, 0.2) is 29.1 Å². The molecule has 0 saturated carbocycles. The van der Waals surface area contributed by atoms with E-state index in [4.69, 9.17) is 0 Å². The minimum absolute atomic E-state index is 0.0312. The summed E-state index contributed by atoms with van der Waals surface area (Å²) in [5.74, 6) is -0.117. The minimum atomic E-state index is -0.432. The molecule has 0 radical (unpaired) electrons. The minimum Gasteiger partial charge on any atom is -0.469 e.